The highest BCUT2D eigenvalue weighted by atomic mass is 16.4. The molecule has 0 bridgehead atoms. The first-order chi connectivity index (χ1) is 9.66. The summed E-state index contributed by atoms with van der Waals surface area (Å²) in [6.07, 6.45) is 2.15. The maximum Gasteiger partial charge on any atom is 0.354 e. The van der Waals surface area contributed by atoms with Crippen molar-refractivity contribution in [3.63, 3.8) is 0 Å². The summed E-state index contributed by atoms with van der Waals surface area (Å²) < 4.78 is 0. The van der Waals surface area contributed by atoms with E-state index in [9.17, 15) is 9.59 Å². The van der Waals surface area contributed by atoms with Gasteiger partial charge in [0.1, 0.15) is 5.69 Å². The van der Waals surface area contributed by atoms with Gasteiger partial charge in [-0.2, -0.15) is 0 Å². The molecule has 0 fully saturated rings. The number of aromatic nitrogens is 1. The third kappa shape index (κ3) is 2.03. The van der Waals surface area contributed by atoms with Crippen molar-refractivity contribution in [1.82, 2.24) is 4.98 Å². The minimum atomic E-state index is -1.10. The van der Waals surface area contributed by atoms with Gasteiger partial charge in [-0.05, 0) is 30.2 Å². The molecule has 0 aliphatic carbocycles. The monoisotopic (exact) mass is 268 g/mol. The summed E-state index contributed by atoms with van der Waals surface area (Å²) in [6, 6.07) is 10.6. The van der Waals surface area contributed by atoms with E-state index in [1.54, 1.807) is 4.90 Å². The molecule has 100 valence electrons. The van der Waals surface area contributed by atoms with Crippen LogP contribution in [0.2, 0.25) is 0 Å². The number of rotatable bonds is 2. The van der Waals surface area contributed by atoms with Gasteiger partial charge in [0.05, 0.1) is 5.56 Å². The highest BCUT2D eigenvalue weighted by Gasteiger charge is 2.25. The summed E-state index contributed by atoms with van der Waals surface area (Å²) in [6.45, 7) is 0.638. The lowest BCUT2D eigenvalue weighted by Gasteiger charge is -2.17. The summed E-state index contributed by atoms with van der Waals surface area (Å²) in [5.74, 6) is -1.25. The van der Waals surface area contributed by atoms with Crippen LogP contribution in [0.4, 0.5) is 5.69 Å². The number of carboxylic acid groups (broad SMARTS) is 1. The average molecular weight is 268 g/mol. The molecule has 5 heteroatoms. The Kier molecular flexibility index (Phi) is 2.95. The number of aromatic carboxylic acids is 1. The van der Waals surface area contributed by atoms with Gasteiger partial charge < -0.3 is 10.0 Å². The average Bonchev–Trinajstić information content (AvgIpc) is 2.90. The second kappa shape index (κ2) is 4.77. The first-order valence-corrected chi connectivity index (χ1v) is 6.26. The van der Waals surface area contributed by atoms with Crippen LogP contribution in [0.15, 0.2) is 42.6 Å². The third-order valence-corrected chi connectivity index (χ3v) is 3.36. The standard InChI is InChI=1S/C15H12N2O3/c18-14(11-5-6-12(15(19)20)16-9-11)17-8-7-10-3-1-2-4-13(10)17/h1-6,9H,7-8H2,(H,19,20). The summed E-state index contributed by atoms with van der Waals surface area (Å²) in [5.41, 5.74) is 2.39. The van der Waals surface area contributed by atoms with Crippen LogP contribution in [0.1, 0.15) is 26.4 Å². The van der Waals surface area contributed by atoms with Crippen LogP contribution in [-0.2, 0) is 6.42 Å². The maximum atomic E-state index is 12.4. The van der Waals surface area contributed by atoms with Crippen LogP contribution in [0.3, 0.4) is 0 Å². The van der Waals surface area contributed by atoms with Crippen molar-refractivity contribution in [2.24, 2.45) is 0 Å². The molecule has 0 spiro atoms. The van der Waals surface area contributed by atoms with Crippen LogP contribution in [-0.4, -0.2) is 28.5 Å². The van der Waals surface area contributed by atoms with Gasteiger partial charge in [-0.15, -0.1) is 0 Å². The van der Waals surface area contributed by atoms with Crippen LogP contribution in [0, 0.1) is 0 Å². The molecular formula is C15H12N2O3. The molecule has 0 unspecified atom stereocenters. The number of hydrogen-bond donors (Lipinski definition) is 1. The van der Waals surface area contributed by atoms with Gasteiger partial charge in [0, 0.05) is 18.4 Å². The summed E-state index contributed by atoms with van der Waals surface area (Å²) >= 11 is 0. The summed E-state index contributed by atoms with van der Waals surface area (Å²) in [4.78, 5) is 28.7. The molecule has 0 saturated carbocycles. The fraction of sp³-hybridized carbons (Fsp3) is 0.133. The Balaban J connectivity index is 1.89. The molecule has 0 saturated heterocycles. The molecule has 1 aliphatic rings. The zero-order chi connectivity index (χ0) is 14.1. The molecule has 2 aromatic rings. The molecule has 0 atom stereocenters. The zero-order valence-corrected chi connectivity index (χ0v) is 10.6. The number of nitrogens with zero attached hydrogens (tertiary/aromatic N) is 2. The number of pyridine rings is 1. The number of carbonyl (C=O) groups is 2. The highest BCUT2D eigenvalue weighted by molar-refractivity contribution is 6.07. The number of benzene rings is 1. The molecule has 1 amide bonds. The maximum absolute atomic E-state index is 12.4. The number of fused-ring (bicyclic) bond motifs is 1. The van der Waals surface area contributed by atoms with Gasteiger partial charge in [-0.25, -0.2) is 9.78 Å². The Morgan fingerprint density at radius 2 is 1.95 bits per heavy atom. The largest absolute Gasteiger partial charge is 0.477 e. The van der Waals surface area contributed by atoms with Crippen molar-refractivity contribution >= 4 is 17.6 Å². The Morgan fingerprint density at radius 1 is 1.15 bits per heavy atom. The van der Waals surface area contributed by atoms with Crippen LogP contribution < -0.4 is 4.90 Å². The van der Waals surface area contributed by atoms with Crippen LogP contribution >= 0.6 is 0 Å². The van der Waals surface area contributed by atoms with Crippen molar-refractivity contribution in [2.75, 3.05) is 11.4 Å². The quantitative estimate of drug-likeness (QED) is 0.904. The van der Waals surface area contributed by atoms with E-state index in [-0.39, 0.29) is 11.6 Å². The third-order valence-electron chi connectivity index (χ3n) is 3.36. The minimum Gasteiger partial charge on any atom is -0.477 e. The van der Waals surface area contributed by atoms with Crippen molar-refractivity contribution in [3.8, 4) is 0 Å². The molecule has 5 nitrogen and oxygen atoms in total. The van der Waals surface area contributed by atoms with Crippen LogP contribution in [0.25, 0.3) is 0 Å². The lowest BCUT2D eigenvalue weighted by Crippen LogP contribution is -2.29. The number of carboxylic acids is 1. The van der Waals surface area contributed by atoms with Crippen LogP contribution in [0.5, 0.6) is 0 Å². The molecule has 3 rings (SSSR count). The van der Waals surface area contributed by atoms with E-state index >= 15 is 0 Å². The number of para-hydroxylation sites is 1. The molecule has 2 heterocycles. The predicted octanol–water partition coefficient (Wildman–Crippen LogP) is 1.98. The van der Waals surface area contributed by atoms with Gasteiger partial charge in [0.2, 0.25) is 0 Å². The Morgan fingerprint density at radius 3 is 2.65 bits per heavy atom. The van der Waals surface area contributed by atoms with Gasteiger partial charge in [-0.3, -0.25) is 4.79 Å². The second-order valence-corrected chi connectivity index (χ2v) is 4.57. The number of carbonyl (C=O) groups excluding carboxylic acids is 1. The van der Waals surface area contributed by atoms with E-state index in [4.69, 9.17) is 5.11 Å². The smallest absolute Gasteiger partial charge is 0.354 e. The van der Waals surface area contributed by atoms with Gasteiger partial charge in [0.15, 0.2) is 0 Å². The normalized spacial score (nSPS) is 13.1. The number of anilines is 1. The first kappa shape index (κ1) is 12.3. The lowest BCUT2D eigenvalue weighted by atomic mass is 10.2. The van der Waals surface area contributed by atoms with Crippen molar-refractivity contribution in [3.05, 3.63) is 59.4 Å². The Labute approximate surface area is 115 Å². The van der Waals surface area contributed by atoms with Crippen molar-refractivity contribution in [2.45, 2.75) is 6.42 Å². The molecule has 20 heavy (non-hydrogen) atoms. The SMILES string of the molecule is O=C(O)c1ccc(C(=O)N2CCc3ccccc32)cn1. The highest BCUT2D eigenvalue weighted by Crippen LogP contribution is 2.28. The van der Waals surface area contributed by atoms with Crippen molar-refractivity contribution < 1.29 is 14.7 Å². The molecule has 0 radical (unpaired) electrons. The molecule has 1 N–H and O–H groups in total. The van der Waals surface area contributed by atoms with E-state index in [0.717, 1.165) is 17.7 Å². The first-order valence-electron chi connectivity index (χ1n) is 6.26. The fourth-order valence-corrected chi connectivity index (χ4v) is 2.35. The van der Waals surface area contributed by atoms with Gasteiger partial charge in [-0.1, -0.05) is 18.2 Å². The lowest BCUT2D eigenvalue weighted by molar-refractivity contribution is 0.0690. The Bertz CT molecular complexity index is 680. The topological polar surface area (TPSA) is 70.5 Å². The van der Waals surface area contributed by atoms with E-state index < -0.39 is 5.97 Å². The van der Waals surface area contributed by atoms with Gasteiger partial charge >= 0.3 is 5.97 Å². The molecular weight excluding hydrogens is 256 g/mol. The predicted molar refractivity (Wildman–Crippen MR) is 73.0 cm³/mol. The van der Waals surface area contributed by atoms with Crippen molar-refractivity contribution in [1.29, 1.82) is 0 Å². The van der Waals surface area contributed by atoms with Gasteiger partial charge in [0.25, 0.3) is 5.91 Å². The van der Waals surface area contributed by atoms with E-state index in [0.29, 0.717) is 12.1 Å². The van der Waals surface area contributed by atoms with E-state index in [1.165, 1.54) is 18.3 Å². The number of hydrogen-bond acceptors (Lipinski definition) is 3. The Hall–Kier alpha value is -2.69. The minimum absolute atomic E-state index is 0.0663. The number of amides is 1. The van der Waals surface area contributed by atoms with E-state index in [2.05, 4.69) is 4.98 Å². The molecule has 1 aromatic carbocycles. The van der Waals surface area contributed by atoms with E-state index in [1.807, 2.05) is 24.3 Å². The zero-order valence-electron chi connectivity index (χ0n) is 10.6. The summed E-state index contributed by atoms with van der Waals surface area (Å²) in [7, 11) is 0. The molecule has 1 aliphatic heterocycles. The molecule has 1 aromatic heterocycles. The second-order valence-electron chi connectivity index (χ2n) is 4.57. The fourth-order valence-electron chi connectivity index (χ4n) is 2.35. The summed E-state index contributed by atoms with van der Waals surface area (Å²) in [5, 5.41) is 8.80.